The lowest BCUT2D eigenvalue weighted by molar-refractivity contribution is -0.158. The van der Waals surface area contributed by atoms with Gasteiger partial charge >= 0.3 is 27.3 Å². The number of nitrogens with one attached hydrogen (secondary N) is 1. The second-order valence-electron chi connectivity index (χ2n) is 14.0. The molecule has 61 heavy (non-hydrogen) atoms. The third kappa shape index (κ3) is 11.8. The van der Waals surface area contributed by atoms with E-state index in [-0.39, 0.29) is 35.1 Å². The minimum atomic E-state index is -5.22. The average molecular weight is 896 g/mol. The molecule has 1 aromatic carbocycles. The predicted octanol–water partition coefficient (Wildman–Crippen LogP) is 0.220. The number of amides is 1. The molecule has 1 radical (unpaired) electrons. The number of nitrogens with two attached hydrogens (primary N) is 3. The van der Waals surface area contributed by atoms with Gasteiger partial charge in [0, 0.05) is 24.7 Å². The Bertz CT molecular complexity index is 2330. The van der Waals surface area contributed by atoms with Crippen LogP contribution in [0.4, 0.5) is 17.3 Å². The van der Waals surface area contributed by atoms with Gasteiger partial charge < -0.3 is 56.5 Å². The molecule has 0 saturated carbocycles. The van der Waals surface area contributed by atoms with E-state index in [0.717, 1.165) is 36.6 Å². The number of rotatable bonds is 19. The number of hydrogen-bond donors (Lipinski definition) is 8. The maximum absolute atomic E-state index is 13.5. The molecule has 331 valence electrons. The number of nitrogens with zero attached hydrogens (tertiary/aromatic N) is 6. The van der Waals surface area contributed by atoms with E-state index in [0.29, 0.717) is 17.7 Å². The molecule has 11 N–H and O–H groups in total. The number of carbonyl (C=O) groups is 2. The average Bonchev–Trinajstić information content (AvgIpc) is 3.89. The number of phosphoric acid groups is 2. The number of hydrogen-bond acceptors (Lipinski definition) is 19. The first-order valence-corrected chi connectivity index (χ1v) is 21.8. The fourth-order valence-electron chi connectivity index (χ4n) is 6.45. The Morgan fingerprint density at radius 2 is 1.72 bits per heavy atom. The molecular formula is C34H45N10O15P2. The number of benzene rings is 1. The molecule has 2 saturated heterocycles. The molecule has 9 atom stereocenters. The van der Waals surface area contributed by atoms with Crippen LogP contribution in [0.5, 0.6) is 0 Å². The lowest BCUT2D eigenvalue weighted by Gasteiger charge is -2.24. The van der Waals surface area contributed by atoms with Crippen molar-refractivity contribution in [1.82, 2.24) is 29.1 Å². The molecule has 27 heteroatoms. The molecule has 1 amide bonds. The van der Waals surface area contributed by atoms with Crippen LogP contribution >= 0.6 is 15.6 Å². The van der Waals surface area contributed by atoms with E-state index in [1.807, 2.05) is 6.92 Å². The summed E-state index contributed by atoms with van der Waals surface area (Å²) in [6, 6.07) is 6.66. The number of fused-ring (bicyclic) bond motifs is 1. The van der Waals surface area contributed by atoms with Crippen LogP contribution in [0.15, 0.2) is 54.0 Å². The van der Waals surface area contributed by atoms with Gasteiger partial charge in [-0.05, 0) is 36.6 Å². The molecule has 0 bridgehead atoms. The van der Waals surface area contributed by atoms with E-state index in [1.165, 1.54) is 23.2 Å². The topological polar surface area (TPSA) is 373 Å². The smallest absolute Gasteiger partial charge is 0.455 e. The van der Waals surface area contributed by atoms with Crippen molar-refractivity contribution in [2.45, 2.75) is 88.0 Å². The number of aliphatic hydroxyl groups is 1. The Labute approximate surface area is 346 Å². The minimum Gasteiger partial charge on any atom is -0.455 e. The summed E-state index contributed by atoms with van der Waals surface area (Å²) in [4.78, 5) is 83.4. The Kier molecular flexibility index (Phi) is 14.7. The highest BCUT2D eigenvalue weighted by Crippen LogP contribution is 2.49. The summed E-state index contributed by atoms with van der Waals surface area (Å²) >= 11 is 0. The van der Waals surface area contributed by atoms with Gasteiger partial charge in [-0.15, -0.1) is 0 Å². The molecule has 3 aromatic heterocycles. The third-order valence-electron chi connectivity index (χ3n) is 9.45. The van der Waals surface area contributed by atoms with Crippen molar-refractivity contribution >= 4 is 56.0 Å². The molecule has 4 aromatic rings. The summed E-state index contributed by atoms with van der Waals surface area (Å²) in [5, 5.41) is 14.4. The van der Waals surface area contributed by atoms with Crippen LogP contribution in [0.25, 0.3) is 11.2 Å². The standard InChI is InChI=1S/C34H45N10O15P2/c1-2-3-4-5-25(45)41-19-8-6-18(7-9-19)12-20(35)33(47)58-29-23(57-32(28(29)46)44-17-40-27-30(37)38-16-39-31(27)44)15-55-61(52,53)59-21-13-26(43-11-10-24(36)42-34(43)48)56-22(21)14-54-60(49,50)51/h6-11,13,16-17,20-23,26,28-29,32,46H,2-5,12,14-15,35H2,1H3,(H,41,45)(H,52,53)(H2,36,42,48)(H2,37,38,39)(H2,49,50,51). The summed E-state index contributed by atoms with van der Waals surface area (Å²) < 4.78 is 59.6. The Morgan fingerprint density at radius 1 is 0.984 bits per heavy atom. The van der Waals surface area contributed by atoms with E-state index >= 15 is 0 Å². The highest BCUT2D eigenvalue weighted by Gasteiger charge is 2.50. The second-order valence-corrected chi connectivity index (χ2v) is 16.6. The highest BCUT2D eigenvalue weighted by molar-refractivity contribution is 7.47. The fraction of sp³-hybridized carbons (Fsp3) is 0.471. The zero-order chi connectivity index (χ0) is 44.1. The Morgan fingerprint density at radius 3 is 2.43 bits per heavy atom. The molecule has 0 aliphatic carbocycles. The van der Waals surface area contributed by atoms with Crippen LogP contribution in [-0.4, -0.2) is 111 Å². The van der Waals surface area contributed by atoms with Crippen molar-refractivity contribution in [3.05, 3.63) is 71.7 Å². The minimum absolute atomic E-state index is 0.0165. The fourth-order valence-corrected chi connectivity index (χ4v) is 7.70. The normalized spacial score (nSPS) is 24.4. The lowest BCUT2D eigenvalue weighted by Crippen LogP contribution is -2.43. The van der Waals surface area contributed by atoms with Crippen LogP contribution in [0, 0.1) is 6.42 Å². The molecule has 0 spiro atoms. The van der Waals surface area contributed by atoms with Crippen molar-refractivity contribution in [2.24, 2.45) is 5.73 Å². The van der Waals surface area contributed by atoms with Gasteiger partial charge in [0.05, 0.1) is 19.5 Å². The summed E-state index contributed by atoms with van der Waals surface area (Å²) in [7, 11) is -10.3. The molecule has 25 nitrogen and oxygen atoms in total. The van der Waals surface area contributed by atoms with Gasteiger partial charge in [-0.25, -0.2) is 28.9 Å². The summed E-state index contributed by atoms with van der Waals surface area (Å²) in [5.74, 6) is -1.21. The van der Waals surface area contributed by atoms with Crippen LogP contribution in [-0.2, 0) is 52.9 Å². The molecular weight excluding hydrogens is 850 g/mol. The first-order chi connectivity index (χ1) is 28.9. The van der Waals surface area contributed by atoms with Gasteiger partial charge in [-0.1, -0.05) is 31.9 Å². The number of imidazole rings is 1. The van der Waals surface area contributed by atoms with Crippen LogP contribution in [0.2, 0.25) is 0 Å². The highest BCUT2D eigenvalue weighted by atomic mass is 31.2. The van der Waals surface area contributed by atoms with Crippen LogP contribution in [0.3, 0.4) is 0 Å². The number of aliphatic hydroxyl groups excluding tert-OH is 1. The van der Waals surface area contributed by atoms with Gasteiger partial charge in [-0.3, -0.25) is 32.3 Å². The van der Waals surface area contributed by atoms with E-state index in [9.17, 15) is 43.3 Å². The van der Waals surface area contributed by atoms with E-state index < -0.39 is 89.5 Å². The molecule has 5 heterocycles. The monoisotopic (exact) mass is 895 g/mol. The van der Waals surface area contributed by atoms with Gasteiger partial charge in [-0.2, -0.15) is 4.98 Å². The zero-order valence-corrected chi connectivity index (χ0v) is 34.1. The number of phosphoric ester groups is 2. The van der Waals surface area contributed by atoms with Gasteiger partial charge in [0.1, 0.15) is 54.3 Å². The quantitative estimate of drug-likeness (QED) is 0.0354. The van der Waals surface area contributed by atoms with Gasteiger partial charge in [0.15, 0.2) is 23.8 Å². The van der Waals surface area contributed by atoms with Crippen molar-refractivity contribution < 1.29 is 66.3 Å². The summed E-state index contributed by atoms with van der Waals surface area (Å²) in [5.41, 5.74) is 18.3. The number of esters is 1. The number of anilines is 3. The first-order valence-electron chi connectivity index (χ1n) is 18.7. The summed E-state index contributed by atoms with van der Waals surface area (Å²) in [6.45, 7) is 0.301. The van der Waals surface area contributed by atoms with E-state index in [1.54, 1.807) is 24.3 Å². The van der Waals surface area contributed by atoms with Crippen molar-refractivity contribution in [3.63, 3.8) is 0 Å². The molecule has 6 rings (SSSR count). The number of unbranched alkanes of at least 4 members (excludes halogenated alkanes) is 2. The van der Waals surface area contributed by atoms with Crippen molar-refractivity contribution in [2.75, 3.05) is 30.0 Å². The second kappa shape index (κ2) is 19.5. The maximum atomic E-state index is 13.5. The Balaban J connectivity index is 1.16. The van der Waals surface area contributed by atoms with Crippen LogP contribution < -0.4 is 28.2 Å². The molecule has 2 fully saturated rings. The summed E-state index contributed by atoms with van der Waals surface area (Å²) in [6.07, 6.45) is -2.79. The molecule has 2 aliphatic heterocycles. The number of nitrogen functional groups attached to an aromatic ring is 2. The van der Waals surface area contributed by atoms with Crippen molar-refractivity contribution in [3.8, 4) is 0 Å². The number of ether oxygens (including phenoxy) is 3. The third-order valence-corrected chi connectivity index (χ3v) is 10.9. The SMILES string of the molecule is CCCCCC(=O)Nc1ccc(CC(N)C(=O)OC2C(COP(=O)(O)OC3[CH]C(n4ccc(N)nc4=O)OC3COP(=O)(O)O)OC(n3cnc4c(N)ncnc43)C2O)cc1. The number of carbonyl (C=O) groups excluding carboxylic acids is 2. The van der Waals surface area contributed by atoms with Gasteiger partial charge in [0.2, 0.25) is 5.91 Å². The largest absolute Gasteiger partial charge is 0.472 e. The van der Waals surface area contributed by atoms with Crippen molar-refractivity contribution in [1.29, 1.82) is 0 Å². The predicted molar refractivity (Wildman–Crippen MR) is 210 cm³/mol. The molecule has 2 aliphatic rings. The molecule has 9 unspecified atom stereocenters. The maximum Gasteiger partial charge on any atom is 0.472 e. The first kappa shape index (κ1) is 45.8. The van der Waals surface area contributed by atoms with E-state index in [4.69, 9.17) is 40.5 Å². The zero-order valence-electron chi connectivity index (χ0n) is 32.4. The lowest BCUT2D eigenvalue weighted by atomic mass is 10.1. The van der Waals surface area contributed by atoms with E-state index in [2.05, 4.69) is 29.8 Å². The Hall–Kier alpha value is -4.75. The number of aromatic nitrogens is 6. The van der Waals surface area contributed by atoms with Crippen LogP contribution in [0.1, 0.15) is 50.6 Å². The van der Waals surface area contributed by atoms with Gasteiger partial charge in [0.25, 0.3) is 0 Å².